The van der Waals surface area contributed by atoms with Crippen LogP contribution in [0.2, 0.25) is 0 Å². The number of fused-ring (bicyclic) bond motifs is 4. The number of amides is 2. The zero-order valence-electron chi connectivity index (χ0n) is 16.1. The topological polar surface area (TPSA) is 166 Å². The highest BCUT2D eigenvalue weighted by Crippen LogP contribution is 2.46. The summed E-state index contributed by atoms with van der Waals surface area (Å²) in [5, 5.41) is 11.2. The normalized spacial score (nSPS) is 20.5. The Balaban J connectivity index is 1.62. The van der Waals surface area contributed by atoms with Crippen LogP contribution in [0.15, 0.2) is 20.9 Å². The molecule has 16 heteroatoms. The molecule has 0 aromatic carbocycles. The molecule has 5 rings (SSSR count). The van der Waals surface area contributed by atoms with Gasteiger partial charge in [-0.05, 0) is 6.92 Å². The molecular weight excluding hydrogens is 454 g/mol. The number of hydroxylamine groups is 2. The average molecular weight is 469 g/mol. The van der Waals surface area contributed by atoms with Gasteiger partial charge in [0.15, 0.2) is 5.82 Å². The monoisotopic (exact) mass is 469 g/mol. The van der Waals surface area contributed by atoms with Gasteiger partial charge < -0.3 is 4.90 Å². The van der Waals surface area contributed by atoms with Gasteiger partial charge in [-0.1, -0.05) is 5.16 Å². The first-order chi connectivity index (χ1) is 14.6. The molecule has 1 saturated heterocycles. The standard InChI is InChI=1S/C15H15N7O7S2/c1-7-6-30-10(17-7)5-21-13(18-28-15(21)24)12-11-8(3-16-19(11)2)9-4-20(12)14(23)22(9)29-31(25,26)27/h3,6,9,12H,4-5H2,1-2H3,(H,25,26,27)/t9-,12-/m0/s1. The van der Waals surface area contributed by atoms with Crippen molar-refractivity contribution in [2.45, 2.75) is 25.6 Å². The molecule has 0 aliphatic carbocycles. The fourth-order valence-electron chi connectivity index (χ4n) is 3.92. The van der Waals surface area contributed by atoms with Crippen molar-refractivity contribution in [1.82, 2.24) is 34.5 Å². The number of rotatable bonds is 5. The molecule has 1 fully saturated rings. The molecular formula is C15H15N7O7S2. The lowest BCUT2D eigenvalue weighted by atomic mass is 9.97. The average Bonchev–Trinajstić information content (AvgIpc) is 3.43. The highest BCUT2D eigenvalue weighted by atomic mass is 32.3. The van der Waals surface area contributed by atoms with Crippen LogP contribution in [-0.2, 0) is 28.3 Å². The third-order valence-corrected chi connectivity index (χ3v) is 6.42. The van der Waals surface area contributed by atoms with Crippen LogP contribution in [0, 0.1) is 6.92 Å². The van der Waals surface area contributed by atoms with Gasteiger partial charge in [0.1, 0.15) is 17.1 Å². The predicted molar refractivity (Wildman–Crippen MR) is 101 cm³/mol. The van der Waals surface area contributed by atoms with Crippen LogP contribution in [0.3, 0.4) is 0 Å². The number of carbonyl (C=O) groups excluding carboxylic acids is 1. The smallest absolute Gasteiger partial charge is 0.304 e. The third kappa shape index (κ3) is 3.14. The highest BCUT2D eigenvalue weighted by molar-refractivity contribution is 7.80. The lowest BCUT2D eigenvalue weighted by Crippen LogP contribution is -2.38. The second-order valence-electron chi connectivity index (χ2n) is 7.07. The van der Waals surface area contributed by atoms with Crippen LogP contribution in [0.4, 0.5) is 4.79 Å². The van der Waals surface area contributed by atoms with Crippen molar-refractivity contribution in [2.24, 2.45) is 7.05 Å². The first-order valence-electron chi connectivity index (χ1n) is 8.90. The second kappa shape index (κ2) is 6.71. The van der Waals surface area contributed by atoms with E-state index in [1.807, 2.05) is 12.3 Å². The van der Waals surface area contributed by atoms with Crippen LogP contribution in [0.1, 0.15) is 39.9 Å². The summed E-state index contributed by atoms with van der Waals surface area (Å²) in [5.41, 5.74) is 1.79. The maximum Gasteiger partial charge on any atom is 0.442 e. The van der Waals surface area contributed by atoms with E-state index in [1.165, 1.54) is 31.7 Å². The number of aryl methyl sites for hydroxylation is 2. The van der Waals surface area contributed by atoms with E-state index in [4.69, 9.17) is 9.08 Å². The maximum absolute atomic E-state index is 13.0. The molecule has 2 aliphatic heterocycles. The van der Waals surface area contributed by atoms with Crippen molar-refractivity contribution in [3.8, 4) is 0 Å². The number of hydrogen-bond acceptors (Lipinski definition) is 10. The minimum atomic E-state index is -4.94. The number of hydrogen-bond donors (Lipinski definition) is 1. The molecule has 164 valence electrons. The molecule has 0 saturated carbocycles. The van der Waals surface area contributed by atoms with E-state index in [-0.39, 0.29) is 18.9 Å². The molecule has 31 heavy (non-hydrogen) atoms. The first-order valence-corrected chi connectivity index (χ1v) is 11.1. The molecule has 0 radical (unpaired) electrons. The van der Waals surface area contributed by atoms with Gasteiger partial charge in [0.05, 0.1) is 25.0 Å². The van der Waals surface area contributed by atoms with Crippen LogP contribution in [0.5, 0.6) is 0 Å². The highest BCUT2D eigenvalue weighted by Gasteiger charge is 2.53. The Bertz CT molecular complexity index is 1350. The Labute approximate surface area is 178 Å². The molecule has 2 bridgehead atoms. The molecule has 2 amide bonds. The largest absolute Gasteiger partial charge is 0.442 e. The van der Waals surface area contributed by atoms with E-state index in [0.717, 1.165) is 5.69 Å². The number of aromatic nitrogens is 5. The van der Waals surface area contributed by atoms with E-state index >= 15 is 0 Å². The minimum absolute atomic E-state index is 0.0229. The minimum Gasteiger partial charge on any atom is -0.304 e. The fourth-order valence-corrected chi connectivity index (χ4v) is 5.05. The summed E-state index contributed by atoms with van der Waals surface area (Å²) >= 11 is 1.36. The Hall–Kier alpha value is -3.08. The zero-order chi connectivity index (χ0) is 22.1. The van der Waals surface area contributed by atoms with E-state index in [9.17, 15) is 18.0 Å². The summed E-state index contributed by atoms with van der Waals surface area (Å²) in [5.74, 6) is -0.602. The number of urea groups is 1. The molecule has 2 atom stereocenters. The van der Waals surface area contributed by atoms with Gasteiger partial charge in [-0.3, -0.25) is 18.3 Å². The van der Waals surface area contributed by atoms with E-state index in [0.29, 0.717) is 21.3 Å². The van der Waals surface area contributed by atoms with Crippen molar-refractivity contribution >= 4 is 27.8 Å². The molecule has 0 spiro atoms. The van der Waals surface area contributed by atoms with Gasteiger partial charge in [-0.15, -0.1) is 15.6 Å². The van der Waals surface area contributed by atoms with Gasteiger partial charge in [0.2, 0.25) is 0 Å². The summed E-state index contributed by atoms with van der Waals surface area (Å²) in [6.07, 6.45) is 1.47. The Kier molecular flexibility index (Phi) is 4.30. The summed E-state index contributed by atoms with van der Waals surface area (Å²) < 4.78 is 43.8. The SMILES string of the molecule is Cc1csc(Cn2c([C@@H]3c4c(cnn4C)[C@@H]4CN3C(=O)N4OS(=O)(=O)O)noc2=O)n1. The summed E-state index contributed by atoms with van der Waals surface area (Å²) in [4.78, 5) is 31.0. The quantitative estimate of drug-likeness (QED) is 0.502. The van der Waals surface area contributed by atoms with E-state index in [1.54, 1.807) is 7.05 Å². The van der Waals surface area contributed by atoms with Gasteiger partial charge in [0.25, 0.3) is 0 Å². The third-order valence-electron chi connectivity index (χ3n) is 5.12. The van der Waals surface area contributed by atoms with Crippen LogP contribution < -0.4 is 5.76 Å². The molecule has 3 aromatic rings. The Morgan fingerprint density at radius 3 is 2.84 bits per heavy atom. The summed E-state index contributed by atoms with van der Waals surface area (Å²) in [6, 6.07) is -2.56. The lowest BCUT2D eigenvalue weighted by Gasteiger charge is -2.30. The van der Waals surface area contributed by atoms with Gasteiger partial charge in [-0.25, -0.2) is 14.6 Å². The van der Waals surface area contributed by atoms with Crippen LogP contribution in [0.25, 0.3) is 0 Å². The van der Waals surface area contributed by atoms with Crippen LogP contribution >= 0.6 is 11.3 Å². The molecule has 14 nitrogen and oxygen atoms in total. The molecule has 0 unspecified atom stereocenters. The zero-order valence-corrected chi connectivity index (χ0v) is 17.7. The van der Waals surface area contributed by atoms with Gasteiger partial charge >= 0.3 is 22.2 Å². The second-order valence-corrected chi connectivity index (χ2v) is 9.01. The number of thiazole rings is 1. The van der Waals surface area contributed by atoms with E-state index < -0.39 is 34.3 Å². The lowest BCUT2D eigenvalue weighted by molar-refractivity contribution is -0.0317. The van der Waals surface area contributed by atoms with Crippen molar-refractivity contribution in [1.29, 1.82) is 0 Å². The van der Waals surface area contributed by atoms with Crippen LogP contribution in [-0.4, -0.2) is 60.0 Å². The summed E-state index contributed by atoms with van der Waals surface area (Å²) in [7, 11) is -3.30. The first kappa shape index (κ1) is 19.9. The van der Waals surface area contributed by atoms with Gasteiger partial charge in [0, 0.05) is 23.7 Å². The summed E-state index contributed by atoms with van der Waals surface area (Å²) in [6.45, 7) is 1.93. The van der Waals surface area contributed by atoms with E-state index in [2.05, 4.69) is 19.5 Å². The Morgan fingerprint density at radius 1 is 1.39 bits per heavy atom. The molecule has 2 aliphatic rings. The Morgan fingerprint density at radius 2 is 2.16 bits per heavy atom. The molecule has 1 N–H and O–H groups in total. The fraction of sp³-hybridized carbons (Fsp3) is 0.400. The van der Waals surface area contributed by atoms with Gasteiger partial charge in [-0.2, -0.15) is 18.6 Å². The number of nitrogens with zero attached hydrogens (tertiary/aromatic N) is 7. The number of carbonyl (C=O) groups is 1. The molecule has 5 heterocycles. The maximum atomic E-state index is 13.0. The molecule has 3 aromatic heterocycles. The van der Waals surface area contributed by atoms with Crippen molar-refractivity contribution in [2.75, 3.05) is 6.54 Å². The van der Waals surface area contributed by atoms with Crippen molar-refractivity contribution in [3.63, 3.8) is 0 Å². The van der Waals surface area contributed by atoms with Crippen molar-refractivity contribution in [3.05, 3.63) is 49.9 Å². The van der Waals surface area contributed by atoms with Crippen molar-refractivity contribution < 1.29 is 26.6 Å². The predicted octanol–water partition coefficient (Wildman–Crippen LogP) is -0.000880.